The Morgan fingerprint density at radius 2 is 1.89 bits per heavy atom. The molecule has 1 aromatic carbocycles. The van der Waals surface area contributed by atoms with E-state index < -0.39 is 23.1 Å². The lowest BCUT2D eigenvalue weighted by Gasteiger charge is -2.32. The number of amides is 3. The van der Waals surface area contributed by atoms with Crippen LogP contribution in [0, 0.1) is 11.2 Å². The van der Waals surface area contributed by atoms with Gasteiger partial charge in [0.1, 0.15) is 22.9 Å². The van der Waals surface area contributed by atoms with Crippen LogP contribution in [0.5, 0.6) is 0 Å². The van der Waals surface area contributed by atoms with Crippen molar-refractivity contribution >= 4 is 34.6 Å². The quantitative estimate of drug-likeness (QED) is 0.244. The zero-order valence-corrected chi connectivity index (χ0v) is 26.9. The van der Waals surface area contributed by atoms with Crippen molar-refractivity contribution in [3.63, 3.8) is 0 Å². The number of aryl methyl sites for hydroxylation is 1. The number of carbonyl (C=O) groups excluding carboxylic acids is 2. The maximum atomic E-state index is 14.5. The Kier molecular flexibility index (Phi) is 11.3. The van der Waals surface area contributed by atoms with Gasteiger partial charge < -0.3 is 34.5 Å². The summed E-state index contributed by atoms with van der Waals surface area (Å²) in [4.78, 5) is 57.1. The van der Waals surface area contributed by atoms with E-state index in [9.17, 15) is 28.7 Å². The van der Waals surface area contributed by atoms with E-state index in [4.69, 9.17) is 9.72 Å². The summed E-state index contributed by atoms with van der Waals surface area (Å²) in [7, 11) is 6.38. The molecule has 0 aliphatic heterocycles. The van der Waals surface area contributed by atoms with Crippen LogP contribution in [-0.2, 0) is 34.3 Å². The molecule has 0 aliphatic carbocycles. The van der Waals surface area contributed by atoms with E-state index in [1.807, 2.05) is 0 Å². The van der Waals surface area contributed by atoms with E-state index in [0.717, 1.165) is 5.56 Å². The van der Waals surface area contributed by atoms with Crippen molar-refractivity contribution in [1.82, 2.24) is 24.3 Å². The number of nitrogens with one attached hydrogen (secondary N) is 2. The molecular formula is C32H43FN6O6. The van der Waals surface area contributed by atoms with Gasteiger partial charge in [0.2, 0.25) is 5.91 Å². The van der Waals surface area contributed by atoms with Crippen LogP contribution in [0.4, 0.5) is 14.9 Å². The number of imidazole rings is 1. The molecule has 3 aromatic rings. The number of ether oxygens (including phenoxy) is 1. The number of carbonyl (C=O) groups is 3. The summed E-state index contributed by atoms with van der Waals surface area (Å²) in [5, 5.41) is 14.6. The Labute approximate surface area is 261 Å². The van der Waals surface area contributed by atoms with Gasteiger partial charge in [-0.2, -0.15) is 0 Å². The second-order valence-corrected chi connectivity index (χ2v) is 12.5. The van der Waals surface area contributed by atoms with Crippen molar-refractivity contribution in [2.24, 2.45) is 12.5 Å². The standard InChI is InChI=1S/C32H43FN6O6/c1-31(2,3)19-21-17-22(33)18-24-27(21)35-25(38(24)6)20-39-15-10-11-23(28(39)41)34-29(42)32(14-16-45-7,36-30(43)44)13-9-8-12-26(40)37(4)5/h8,10-12,15,17-18,36H,9,13-14,16,19-20H2,1-7H3,(H,34,42)(H,43,44)/b12-8+. The van der Waals surface area contributed by atoms with Crippen LogP contribution in [0.1, 0.15) is 51.4 Å². The zero-order chi connectivity index (χ0) is 33.5. The highest BCUT2D eigenvalue weighted by Crippen LogP contribution is 2.28. The smallest absolute Gasteiger partial charge is 0.405 e. The molecule has 0 aliphatic rings. The van der Waals surface area contributed by atoms with Crippen LogP contribution in [0.15, 0.2) is 47.4 Å². The summed E-state index contributed by atoms with van der Waals surface area (Å²) in [6.07, 6.45) is 3.81. The van der Waals surface area contributed by atoms with E-state index in [1.165, 1.54) is 40.9 Å². The average molecular weight is 627 g/mol. The molecule has 12 nitrogen and oxygen atoms in total. The highest BCUT2D eigenvalue weighted by molar-refractivity contribution is 5.99. The van der Waals surface area contributed by atoms with Gasteiger partial charge in [-0.25, -0.2) is 14.2 Å². The summed E-state index contributed by atoms with van der Waals surface area (Å²) >= 11 is 0. The molecule has 45 heavy (non-hydrogen) atoms. The van der Waals surface area contributed by atoms with Crippen molar-refractivity contribution in [1.29, 1.82) is 0 Å². The second kappa shape index (κ2) is 14.5. The van der Waals surface area contributed by atoms with E-state index in [2.05, 4.69) is 31.4 Å². The van der Waals surface area contributed by atoms with Crippen molar-refractivity contribution in [2.45, 2.75) is 58.5 Å². The van der Waals surface area contributed by atoms with Gasteiger partial charge in [0.15, 0.2) is 0 Å². The van der Waals surface area contributed by atoms with Gasteiger partial charge in [0.25, 0.3) is 11.5 Å². The monoisotopic (exact) mass is 626 g/mol. The minimum Gasteiger partial charge on any atom is -0.465 e. The molecule has 244 valence electrons. The van der Waals surface area contributed by atoms with Gasteiger partial charge >= 0.3 is 6.09 Å². The molecule has 0 spiro atoms. The number of rotatable bonds is 13. The molecule has 2 aromatic heterocycles. The molecule has 0 bridgehead atoms. The van der Waals surface area contributed by atoms with Crippen LogP contribution >= 0.6 is 0 Å². The summed E-state index contributed by atoms with van der Waals surface area (Å²) in [6, 6.07) is 5.92. The zero-order valence-electron chi connectivity index (χ0n) is 26.9. The molecule has 2 heterocycles. The van der Waals surface area contributed by atoms with E-state index in [-0.39, 0.29) is 55.2 Å². The number of allylic oxidation sites excluding steroid dienone is 1. The molecule has 0 saturated carbocycles. The molecule has 1 unspecified atom stereocenters. The predicted octanol–water partition coefficient (Wildman–Crippen LogP) is 3.92. The number of pyridine rings is 1. The molecule has 3 rings (SSSR count). The lowest BCUT2D eigenvalue weighted by atomic mass is 9.87. The van der Waals surface area contributed by atoms with Gasteiger partial charge in [-0.1, -0.05) is 26.8 Å². The number of fused-ring (bicyclic) bond motifs is 1. The maximum Gasteiger partial charge on any atom is 0.405 e. The maximum absolute atomic E-state index is 14.5. The Hall–Kier alpha value is -4.52. The van der Waals surface area contributed by atoms with Crippen LogP contribution in [0.3, 0.4) is 0 Å². The second-order valence-electron chi connectivity index (χ2n) is 12.5. The number of hydrogen-bond donors (Lipinski definition) is 3. The Morgan fingerprint density at radius 1 is 1.18 bits per heavy atom. The van der Waals surface area contributed by atoms with Gasteiger partial charge in [-0.3, -0.25) is 14.4 Å². The number of methoxy groups -OCH3 is 1. The number of halogens is 1. The fraction of sp³-hybridized carbons (Fsp3) is 0.469. The average Bonchev–Trinajstić information content (AvgIpc) is 3.25. The van der Waals surface area contributed by atoms with Crippen LogP contribution in [0.25, 0.3) is 11.0 Å². The minimum absolute atomic E-state index is 0.0000435. The first kappa shape index (κ1) is 35.0. The number of carboxylic acid groups (broad SMARTS) is 1. The number of nitrogens with zero attached hydrogens (tertiary/aromatic N) is 4. The third kappa shape index (κ3) is 9.00. The molecule has 0 fully saturated rings. The summed E-state index contributed by atoms with van der Waals surface area (Å²) in [5.41, 5.74) is -0.330. The summed E-state index contributed by atoms with van der Waals surface area (Å²) in [6.45, 7) is 6.28. The number of aromatic nitrogens is 3. The summed E-state index contributed by atoms with van der Waals surface area (Å²) in [5.74, 6) is -0.856. The van der Waals surface area contributed by atoms with E-state index >= 15 is 0 Å². The fourth-order valence-corrected chi connectivity index (χ4v) is 5.04. The topological polar surface area (TPSA) is 148 Å². The van der Waals surface area contributed by atoms with Crippen molar-refractivity contribution in [2.75, 3.05) is 33.1 Å². The SMILES string of the molecule is COCCC(CC/C=C/C(=O)N(C)C)(NC(=O)O)C(=O)Nc1cccn(Cc2nc3c(CC(C)(C)C)cc(F)cc3n2C)c1=O. The molecule has 3 amide bonds. The Balaban J connectivity index is 1.93. The molecule has 0 radical (unpaired) electrons. The van der Waals surface area contributed by atoms with E-state index in [0.29, 0.717) is 23.3 Å². The number of anilines is 1. The van der Waals surface area contributed by atoms with Gasteiger partial charge in [0, 0.05) is 47.5 Å². The lowest BCUT2D eigenvalue weighted by Crippen LogP contribution is -2.57. The normalized spacial score (nSPS) is 13.2. The van der Waals surface area contributed by atoms with Crippen molar-refractivity contribution in [3.8, 4) is 0 Å². The first-order valence-electron chi connectivity index (χ1n) is 14.6. The van der Waals surface area contributed by atoms with E-state index in [1.54, 1.807) is 44.0 Å². The van der Waals surface area contributed by atoms with Crippen molar-refractivity contribution < 1.29 is 28.6 Å². The summed E-state index contributed by atoms with van der Waals surface area (Å²) < 4.78 is 22.8. The molecule has 3 N–H and O–H groups in total. The van der Waals surface area contributed by atoms with Gasteiger partial charge in [-0.15, -0.1) is 0 Å². The number of hydrogen-bond acceptors (Lipinski definition) is 6. The predicted molar refractivity (Wildman–Crippen MR) is 170 cm³/mol. The molecule has 1 atom stereocenters. The minimum atomic E-state index is -1.66. The van der Waals surface area contributed by atoms with Crippen LogP contribution < -0.4 is 16.2 Å². The Morgan fingerprint density at radius 3 is 2.51 bits per heavy atom. The van der Waals surface area contributed by atoms with Gasteiger partial charge in [0.05, 0.1) is 17.6 Å². The third-order valence-electron chi connectivity index (χ3n) is 7.38. The first-order chi connectivity index (χ1) is 21.1. The highest BCUT2D eigenvalue weighted by Gasteiger charge is 2.39. The van der Waals surface area contributed by atoms with Crippen LogP contribution in [-0.4, -0.2) is 75.4 Å². The third-order valence-corrected chi connectivity index (χ3v) is 7.38. The molecule has 13 heteroatoms. The lowest BCUT2D eigenvalue weighted by molar-refractivity contribution is -0.124. The Bertz CT molecular complexity index is 1640. The van der Waals surface area contributed by atoms with Crippen LogP contribution in [0.2, 0.25) is 0 Å². The number of likely N-dealkylation sites (N-methyl/N-ethyl adjacent to an activating group) is 1. The number of benzene rings is 1. The van der Waals surface area contributed by atoms with Crippen molar-refractivity contribution in [3.05, 3.63) is 70.2 Å². The fourth-order valence-electron chi connectivity index (χ4n) is 5.04. The van der Waals surface area contributed by atoms with Gasteiger partial charge in [-0.05, 0) is 60.6 Å². The molecular weight excluding hydrogens is 583 g/mol. The first-order valence-corrected chi connectivity index (χ1v) is 14.6. The largest absolute Gasteiger partial charge is 0.465 e. The highest BCUT2D eigenvalue weighted by atomic mass is 19.1. The molecule has 0 saturated heterocycles.